The third-order valence-electron chi connectivity index (χ3n) is 6.94. The van der Waals surface area contributed by atoms with Gasteiger partial charge < -0.3 is 10.2 Å². The van der Waals surface area contributed by atoms with Crippen LogP contribution in [0.25, 0.3) is 0 Å². The lowest BCUT2D eigenvalue weighted by Gasteiger charge is -2.49. The topological polar surface area (TPSA) is 119 Å². The highest BCUT2D eigenvalue weighted by Crippen LogP contribution is 2.47. The molecule has 8 nitrogen and oxygen atoms in total. The van der Waals surface area contributed by atoms with Crippen LogP contribution in [0.2, 0.25) is 10.0 Å². The number of sulfonamides is 1. The predicted molar refractivity (Wildman–Crippen MR) is 142 cm³/mol. The van der Waals surface area contributed by atoms with Gasteiger partial charge in [0.15, 0.2) is 0 Å². The van der Waals surface area contributed by atoms with Gasteiger partial charge in [0.25, 0.3) is 5.91 Å². The first kappa shape index (κ1) is 27.4. The second-order valence-electron chi connectivity index (χ2n) is 9.60. The first-order chi connectivity index (χ1) is 17.5. The number of nitriles is 1. The second kappa shape index (κ2) is 11.0. The summed E-state index contributed by atoms with van der Waals surface area (Å²) in [4.78, 5) is 29.5. The molecule has 0 spiro atoms. The molecule has 0 aromatic heterocycles. The standard InChI is InChI=1S/C26H28Cl2N4O4S/c1-15(14-29)30-25(33)23-17-7-3-4-8-18(17)26(34)32(24(23)19-12-11-16(27)13-20(19)28)22-10-6-5-9-21(22)31-37(2,35)36/h3-4,7-8,11-13,15,21-24,31H,5-6,9-10H2,1-2H3,(H,30,33)/t15?,21-,22-,23+,24-/m0/s1. The van der Waals surface area contributed by atoms with E-state index < -0.39 is 46.0 Å². The molecule has 0 saturated heterocycles. The van der Waals surface area contributed by atoms with Gasteiger partial charge >= 0.3 is 0 Å². The molecule has 1 saturated carbocycles. The Balaban J connectivity index is 1.94. The molecule has 0 bridgehead atoms. The molecule has 1 heterocycles. The molecule has 4 rings (SSSR count). The van der Waals surface area contributed by atoms with Gasteiger partial charge in [-0.2, -0.15) is 5.26 Å². The monoisotopic (exact) mass is 562 g/mol. The highest BCUT2D eigenvalue weighted by atomic mass is 35.5. The number of hydrogen-bond donors (Lipinski definition) is 2. The minimum atomic E-state index is -3.57. The Morgan fingerprint density at radius 2 is 1.84 bits per heavy atom. The average Bonchev–Trinajstić information content (AvgIpc) is 2.83. The van der Waals surface area contributed by atoms with Gasteiger partial charge in [-0.3, -0.25) is 9.59 Å². The lowest BCUT2D eigenvalue weighted by Crippen LogP contribution is -2.59. The number of amides is 2. The zero-order chi connectivity index (χ0) is 26.9. The maximum atomic E-state index is 14.1. The Labute approximate surface area is 227 Å². The smallest absolute Gasteiger partial charge is 0.255 e. The summed E-state index contributed by atoms with van der Waals surface area (Å²) in [5.41, 5.74) is 1.39. The van der Waals surface area contributed by atoms with E-state index in [9.17, 15) is 23.3 Å². The minimum Gasteiger partial charge on any atom is -0.340 e. The van der Waals surface area contributed by atoms with E-state index in [1.54, 1.807) is 54.3 Å². The number of hydrogen-bond acceptors (Lipinski definition) is 5. The summed E-state index contributed by atoms with van der Waals surface area (Å²) in [6.07, 6.45) is 3.79. The lowest BCUT2D eigenvalue weighted by atomic mass is 9.76. The molecular formula is C26H28Cl2N4O4S. The van der Waals surface area contributed by atoms with Crippen molar-refractivity contribution >= 4 is 45.0 Å². The Morgan fingerprint density at radius 3 is 2.51 bits per heavy atom. The predicted octanol–water partition coefficient (Wildman–Crippen LogP) is 4.16. The second-order valence-corrected chi connectivity index (χ2v) is 12.2. The van der Waals surface area contributed by atoms with Crippen molar-refractivity contribution in [3.63, 3.8) is 0 Å². The fourth-order valence-corrected chi connectivity index (χ4v) is 6.81. The number of carbonyl (C=O) groups excluding carboxylic acids is 2. The van der Waals surface area contributed by atoms with Crippen molar-refractivity contribution in [2.24, 2.45) is 0 Å². The Morgan fingerprint density at radius 1 is 1.14 bits per heavy atom. The fraction of sp³-hybridized carbons (Fsp3) is 0.423. The van der Waals surface area contributed by atoms with Gasteiger partial charge in [-0.05, 0) is 49.1 Å². The van der Waals surface area contributed by atoms with Gasteiger partial charge in [0, 0.05) is 27.7 Å². The normalized spacial score (nSPS) is 24.6. The molecule has 2 aromatic rings. The summed E-state index contributed by atoms with van der Waals surface area (Å²) in [7, 11) is -3.57. The zero-order valence-electron chi connectivity index (χ0n) is 20.4. The van der Waals surface area contributed by atoms with E-state index >= 15 is 0 Å². The van der Waals surface area contributed by atoms with Crippen molar-refractivity contribution in [1.29, 1.82) is 5.26 Å². The average molecular weight is 564 g/mol. The zero-order valence-corrected chi connectivity index (χ0v) is 22.8. The van der Waals surface area contributed by atoms with Crippen molar-refractivity contribution in [3.8, 4) is 6.07 Å². The third kappa shape index (κ3) is 5.78. The molecule has 2 aromatic carbocycles. The minimum absolute atomic E-state index is 0.282. The van der Waals surface area contributed by atoms with E-state index in [-0.39, 0.29) is 10.9 Å². The van der Waals surface area contributed by atoms with E-state index in [0.717, 1.165) is 19.1 Å². The van der Waals surface area contributed by atoms with Crippen LogP contribution in [0.15, 0.2) is 42.5 Å². The van der Waals surface area contributed by atoms with Crippen LogP contribution >= 0.6 is 23.2 Å². The third-order valence-corrected chi connectivity index (χ3v) is 8.24. The van der Waals surface area contributed by atoms with Crippen molar-refractivity contribution in [2.75, 3.05) is 6.26 Å². The molecule has 2 aliphatic rings. The van der Waals surface area contributed by atoms with Crippen molar-refractivity contribution in [3.05, 3.63) is 69.2 Å². The Bertz CT molecular complexity index is 1360. The molecule has 0 radical (unpaired) electrons. The molecule has 5 atom stereocenters. The van der Waals surface area contributed by atoms with Crippen LogP contribution in [0.1, 0.15) is 66.1 Å². The molecule has 1 unspecified atom stereocenters. The van der Waals surface area contributed by atoms with Gasteiger partial charge in [-0.15, -0.1) is 0 Å². The molecular weight excluding hydrogens is 535 g/mol. The van der Waals surface area contributed by atoms with Gasteiger partial charge in [0.2, 0.25) is 15.9 Å². The number of nitrogens with zero attached hydrogens (tertiary/aromatic N) is 2. The molecule has 11 heteroatoms. The van der Waals surface area contributed by atoms with Crippen molar-refractivity contribution in [2.45, 2.75) is 62.7 Å². The largest absolute Gasteiger partial charge is 0.340 e. The Hall–Kier alpha value is -2.64. The van der Waals surface area contributed by atoms with E-state index in [1.165, 1.54) is 0 Å². The molecule has 196 valence electrons. The van der Waals surface area contributed by atoms with Gasteiger partial charge in [-0.25, -0.2) is 13.1 Å². The van der Waals surface area contributed by atoms with Crippen molar-refractivity contribution in [1.82, 2.24) is 14.9 Å². The molecule has 1 aliphatic carbocycles. The first-order valence-electron chi connectivity index (χ1n) is 12.1. The highest BCUT2D eigenvalue weighted by Gasteiger charge is 2.49. The van der Waals surface area contributed by atoms with Crippen LogP contribution in [-0.2, 0) is 14.8 Å². The highest BCUT2D eigenvalue weighted by molar-refractivity contribution is 7.88. The van der Waals surface area contributed by atoms with Gasteiger partial charge in [0.1, 0.15) is 6.04 Å². The summed E-state index contributed by atoms with van der Waals surface area (Å²) in [6.45, 7) is 1.58. The molecule has 37 heavy (non-hydrogen) atoms. The summed E-state index contributed by atoms with van der Waals surface area (Å²) in [6, 6.07) is 11.1. The van der Waals surface area contributed by atoms with Crippen LogP contribution in [0, 0.1) is 11.3 Å². The van der Waals surface area contributed by atoms with E-state index in [0.29, 0.717) is 34.6 Å². The summed E-state index contributed by atoms with van der Waals surface area (Å²) in [5.74, 6) is -1.64. The van der Waals surface area contributed by atoms with Crippen LogP contribution in [-0.4, -0.2) is 49.5 Å². The van der Waals surface area contributed by atoms with Crippen LogP contribution in [0.5, 0.6) is 0 Å². The SMILES string of the molecule is CC(C#N)NC(=O)[C@@H]1c2ccccc2C(=O)N([C@H]2CCCC[C@@H]2NS(C)(=O)=O)[C@H]1c1ccc(Cl)cc1Cl. The van der Waals surface area contributed by atoms with Crippen LogP contribution < -0.4 is 10.0 Å². The van der Waals surface area contributed by atoms with Gasteiger partial charge in [0.05, 0.1) is 24.3 Å². The molecule has 1 fully saturated rings. The molecule has 2 amide bonds. The van der Waals surface area contributed by atoms with Crippen LogP contribution in [0.3, 0.4) is 0 Å². The first-order valence-corrected chi connectivity index (χ1v) is 14.7. The van der Waals surface area contributed by atoms with Crippen molar-refractivity contribution < 1.29 is 18.0 Å². The number of fused-ring (bicyclic) bond motifs is 1. The maximum Gasteiger partial charge on any atom is 0.255 e. The number of nitrogens with one attached hydrogen (secondary N) is 2. The van der Waals surface area contributed by atoms with E-state index in [4.69, 9.17) is 23.2 Å². The number of rotatable bonds is 6. The van der Waals surface area contributed by atoms with Crippen LogP contribution in [0.4, 0.5) is 0 Å². The van der Waals surface area contributed by atoms with E-state index in [2.05, 4.69) is 10.0 Å². The summed E-state index contributed by atoms with van der Waals surface area (Å²) < 4.78 is 27.2. The number of carbonyl (C=O) groups is 2. The fourth-order valence-electron chi connectivity index (χ4n) is 5.46. The quantitative estimate of drug-likeness (QED) is 0.547. The Kier molecular flexibility index (Phi) is 8.14. The summed E-state index contributed by atoms with van der Waals surface area (Å²) >= 11 is 12.8. The molecule has 1 aliphatic heterocycles. The van der Waals surface area contributed by atoms with E-state index in [1.807, 2.05) is 6.07 Å². The number of benzene rings is 2. The summed E-state index contributed by atoms with van der Waals surface area (Å²) in [5, 5.41) is 12.8. The lowest BCUT2D eigenvalue weighted by molar-refractivity contribution is -0.125. The van der Waals surface area contributed by atoms with Gasteiger partial charge in [-0.1, -0.05) is 60.3 Å². The number of halogens is 2. The maximum absolute atomic E-state index is 14.1. The molecule has 2 N–H and O–H groups in total.